The van der Waals surface area contributed by atoms with Crippen molar-refractivity contribution in [3.8, 4) is 0 Å². The molecule has 0 radical (unpaired) electrons. The van der Waals surface area contributed by atoms with Gasteiger partial charge in [0.25, 0.3) is 0 Å². The summed E-state index contributed by atoms with van der Waals surface area (Å²) in [5, 5.41) is 19.4. The Kier molecular flexibility index (Phi) is 12.3. The Balaban J connectivity index is 4.74. The largest absolute Gasteiger partial charge is 0.392 e. The molecule has 0 amide bonds. The second-order valence-corrected chi connectivity index (χ2v) is 6.68. The minimum Gasteiger partial charge on any atom is -0.392 e. The third-order valence-electron chi connectivity index (χ3n) is 4.43. The highest BCUT2D eigenvalue weighted by Crippen LogP contribution is 2.24. The van der Waals surface area contributed by atoms with Crippen LogP contribution < -0.4 is 0 Å². The number of aliphatic hydroxyl groups excluding tert-OH is 1. The Bertz CT molecular complexity index is 619. The lowest BCUT2D eigenvalue weighted by Crippen LogP contribution is -2.27. The monoisotopic (exact) mass is 356 g/mol. The first-order chi connectivity index (χ1) is 12.3. The molecule has 0 aliphatic carbocycles. The second-order valence-electron chi connectivity index (χ2n) is 6.68. The molecule has 0 aromatic carbocycles. The normalized spacial score (nSPS) is 15.8. The second kappa shape index (κ2) is 13.3. The molecule has 0 saturated carbocycles. The highest BCUT2D eigenvalue weighted by molar-refractivity contribution is 5.30. The van der Waals surface area contributed by atoms with Crippen LogP contribution in [0.25, 0.3) is 0 Å². The molecule has 0 aliphatic heterocycles. The minimum atomic E-state index is -0.692. The number of allylic oxidation sites excluding steroid dienone is 12. The number of hydrogen-bond acceptors (Lipinski definition) is 2. The van der Waals surface area contributed by atoms with E-state index in [1.165, 1.54) is 0 Å². The van der Waals surface area contributed by atoms with Gasteiger partial charge in [0.15, 0.2) is 0 Å². The van der Waals surface area contributed by atoms with E-state index in [0.717, 1.165) is 35.1 Å². The standard InChI is InChI=1S/C24H36O2/c1-7-24(26,8-2)23(6)18-12-16-21(4)14-10-9-13-20(3)15-11-17-22(5)19-25/h9-18,25-26H,7-8,19H2,1-6H3/b10-9+,15-11+,16-12+,20-13+,21-14+,22-17+,23-18+. The molecule has 0 aliphatic rings. The van der Waals surface area contributed by atoms with Gasteiger partial charge in [0.05, 0.1) is 12.2 Å². The first-order valence-electron chi connectivity index (χ1n) is 9.33. The van der Waals surface area contributed by atoms with E-state index in [1.54, 1.807) is 0 Å². The summed E-state index contributed by atoms with van der Waals surface area (Å²) in [5.41, 5.74) is 3.53. The molecule has 0 saturated heterocycles. The molecule has 0 bridgehead atoms. The van der Waals surface area contributed by atoms with Crippen molar-refractivity contribution in [3.05, 3.63) is 83.1 Å². The molecule has 0 fully saturated rings. The van der Waals surface area contributed by atoms with Crippen molar-refractivity contribution in [3.63, 3.8) is 0 Å². The smallest absolute Gasteiger partial charge is 0.0851 e. The van der Waals surface area contributed by atoms with Crippen LogP contribution in [0.3, 0.4) is 0 Å². The highest BCUT2D eigenvalue weighted by atomic mass is 16.3. The fraction of sp³-hybridized carbons (Fsp3) is 0.417. The highest BCUT2D eigenvalue weighted by Gasteiger charge is 2.23. The van der Waals surface area contributed by atoms with E-state index in [2.05, 4.69) is 13.0 Å². The Labute approximate surface area is 160 Å². The van der Waals surface area contributed by atoms with Crippen molar-refractivity contribution < 1.29 is 10.2 Å². The molecule has 26 heavy (non-hydrogen) atoms. The van der Waals surface area contributed by atoms with Gasteiger partial charge in [-0.3, -0.25) is 0 Å². The fourth-order valence-corrected chi connectivity index (χ4v) is 2.25. The van der Waals surface area contributed by atoms with Crippen LogP contribution in [0.5, 0.6) is 0 Å². The van der Waals surface area contributed by atoms with Gasteiger partial charge in [-0.1, -0.05) is 85.8 Å². The molecule has 2 nitrogen and oxygen atoms in total. The molecular weight excluding hydrogens is 320 g/mol. The maximum absolute atomic E-state index is 10.4. The van der Waals surface area contributed by atoms with Crippen molar-refractivity contribution >= 4 is 0 Å². The van der Waals surface area contributed by atoms with Crippen molar-refractivity contribution in [1.82, 2.24) is 0 Å². The summed E-state index contributed by atoms with van der Waals surface area (Å²) in [5.74, 6) is 0. The molecule has 0 rings (SSSR count). The maximum atomic E-state index is 10.4. The van der Waals surface area contributed by atoms with Crippen LogP contribution in [-0.2, 0) is 0 Å². The van der Waals surface area contributed by atoms with Gasteiger partial charge in [-0.2, -0.15) is 0 Å². The van der Waals surface area contributed by atoms with Crippen LogP contribution >= 0.6 is 0 Å². The lowest BCUT2D eigenvalue weighted by Gasteiger charge is -2.26. The topological polar surface area (TPSA) is 40.5 Å². The van der Waals surface area contributed by atoms with E-state index in [4.69, 9.17) is 5.11 Å². The van der Waals surface area contributed by atoms with Crippen molar-refractivity contribution in [2.24, 2.45) is 0 Å². The Hall–Kier alpha value is -1.90. The van der Waals surface area contributed by atoms with Gasteiger partial charge in [-0.15, -0.1) is 0 Å². The zero-order valence-electron chi connectivity index (χ0n) is 17.3. The zero-order chi connectivity index (χ0) is 20.0. The first-order valence-corrected chi connectivity index (χ1v) is 9.33. The average molecular weight is 357 g/mol. The molecule has 2 N–H and O–H groups in total. The molecule has 0 atom stereocenters. The van der Waals surface area contributed by atoms with Gasteiger partial charge >= 0.3 is 0 Å². The Morgan fingerprint density at radius 2 is 1.19 bits per heavy atom. The van der Waals surface area contributed by atoms with E-state index in [-0.39, 0.29) is 6.61 Å². The van der Waals surface area contributed by atoms with Gasteiger partial charge in [-0.25, -0.2) is 0 Å². The summed E-state index contributed by atoms with van der Waals surface area (Å²) in [7, 11) is 0. The molecule has 0 spiro atoms. The van der Waals surface area contributed by atoms with Gasteiger partial charge < -0.3 is 10.2 Å². The van der Waals surface area contributed by atoms with Gasteiger partial charge in [0, 0.05) is 0 Å². The van der Waals surface area contributed by atoms with Crippen molar-refractivity contribution in [2.45, 2.75) is 60.0 Å². The lowest BCUT2D eigenvalue weighted by atomic mass is 9.89. The van der Waals surface area contributed by atoms with Crippen LogP contribution in [0.4, 0.5) is 0 Å². The molecular formula is C24H36O2. The van der Waals surface area contributed by atoms with Crippen LogP contribution in [0.1, 0.15) is 54.4 Å². The molecule has 2 heteroatoms. The summed E-state index contributed by atoms with van der Waals surface area (Å²) < 4.78 is 0. The van der Waals surface area contributed by atoms with E-state index in [1.807, 2.05) is 89.3 Å². The van der Waals surface area contributed by atoms with Crippen molar-refractivity contribution in [2.75, 3.05) is 6.61 Å². The Morgan fingerprint density at radius 3 is 1.62 bits per heavy atom. The third-order valence-corrected chi connectivity index (χ3v) is 4.43. The number of hydrogen-bond donors (Lipinski definition) is 2. The van der Waals surface area contributed by atoms with Crippen molar-refractivity contribution in [1.29, 1.82) is 0 Å². The zero-order valence-corrected chi connectivity index (χ0v) is 17.3. The molecule has 0 heterocycles. The van der Waals surface area contributed by atoms with E-state index in [0.29, 0.717) is 0 Å². The molecule has 144 valence electrons. The third kappa shape index (κ3) is 10.2. The van der Waals surface area contributed by atoms with Crippen LogP contribution in [0, 0.1) is 0 Å². The van der Waals surface area contributed by atoms with E-state index in [9.17, 15) is 5.11 Å². The molecule has 0 aromatic rings. The SMILES string of the molecule is CCC(O)(CC)/C(C)=C/C=C/C(C)=C/C=C/C=C(C)/C=C/C=C(\C)CO. The summed E-state index contributed by atoms with van der Waals surface area (Å²) in [4.78, 5) is 0. The van der Waals surface area contributed by atoms with E-state index >= 15 is 0 Å². The quantitative estimate of drug-likeness (QED) is 0.472. The average Bonchev–Trinajstić information content (AvgIpc) is 2.64. The minimum absolute atomic E-state index is 0.0927. The van der Waals surface area contributed by atoms with Gasteiger partial charge in [-0.05, 0) is 51.7 Å². The van der Waals surface area contributed by atoms with Crippen LogP contribution in [0.15, 0.2) is 83.1 Å². The van der Waals surface area contributed by atoms with Crippen LogP contribution in [0.2, 0.25) is 0 Å². The van der Waals surface area contributed by atoms with Crippen LogP contribution in [-0.4, -0.2) is 22.4 Å². The summed E-state index contributed by atoms with van der Waals surface area (Å²) in [6, 6.07) is 0. The molecule has 0 aromatic heterocycles. The predicted molar refractivity (Wildman–Crippen MR) is 115 cm³/mol. The van der Waals surface area contributed by atoms with Gasteiger partial charge in [0.1, 0.15) is 0 Å². The lowest BCUT2D eigenvalue weighted by molar-refractivity contribution is 0.0702. The first kappa shape index (κ1) is 24.1. The Morgan fingerprint density at radius 1 is 0.731 bits per heavy atom. The van der Waals surface area contributed by atoms with E-state index < -0.39 is 5.60 Å². The summed E-state index contributed by atoms with van der Waals surface area (Å²) in [6.45, 7) is 12.1. The summed E-state index contributed by atoms with van der Waals surface area (Å²) in [6.07, 6.45) is 21.4. The predicted octanol–water partition coefficient (Wildman–Crippen LogP) is 5.98. The maximum Gasteiger partial charge on any atom is 0.0851 e. The molecule has 0 unspecified atom stereocenters. The number of rotatable bonds is 10. The van der Waals surface area contributed by atoms with Gasteiger partial charge in [0.2, 0.25) is 0 Å². The number of aliphatic hydroxyl groups is 2. The fourth-order valence-electron chi connectivity index (χ4n) is 2.25. The summed E-state index contributed by atoms with van der Waals surface area (Å²) >= 11 is 0.